The largest absolute Gasteiger partial charge is 0.369 e. The predicted molar refractivity (Wildman–Crippen MR) is 134 cm³/mol. The number of rotatable bonds is 12. The molecule has 0 bridgehead atoms. The summed E-state index contributed by atoms with van der Waals surface area (Å²) in [6.45, 7) is 17.6. The minimum Gasteiger partial charge on any atom is -0.369 e. The molecule has 29 heavy (non-hydrogen) atoms. The summed E-state index contributed by atoms with van der Waals surface area (Å²) in [5.74, 6) is 0.770. The van der Waals surface area contributed by atoms with E-state index in [2.05, 4.69) is 55.1 Å². The number of hydrogen-bond acceptors (Lipinski definition) is 4. The van der Waals surface area contributed by atoms with Crippen molar-refractivity contribution in [3.63, 3.8) is 0 Å². The number of nitrogens with one attached hydrogen (secondary N) is 2. The smallest absolute Gasteiger partial charge is 0.221 e. The standard InChI is InChI=1S/C21H44N6O.HI/c1-6-23-21(25-12-9-15-27(17(2)3)18(4)5)24-11-8-14-26-13-7-10-19(16-26)20(22)28;/h17-19H,6-16H2,1-5H3,(H2,22,28)(H2,23,24,25);1H. The number of hydrogen-bond donors (Lipinski definition) is 3. The van der Waals surface area contributed by atoms with Crippen LogP contribution in [0.5, 0.6) is 0 Å². The fourth-order valence-corrected chi connectivity index (χ4v) is 3.90. The lowest BCUT2D eigenvalue weighted by molar-refractivity contribution is -0.123. The van der Waals surface area contributed by atoms with Crippen molar-refractivity contribution in [2.75, 3.05) is 45.8 Å². The maximum absolute atomic E-state index is 11.4. The summed E-state index contributed by atoms with van der Waals surface area (Å²) in [6.07, 6.45) is 4.10. The molecule has 0 aromatic rings. The van der Waals surface area contributed by atoms with E-state index in [9.17, 15) is 4.79 Å². The normalized spacial score (nSPS) is 18.2. The van der Waals surface area contributed by atoms with Crippen LogP contribution < -0.4 is 16.4 Å². The number of halogens is 1. The summed E-state index contributed by atoms with van der Waals surface area (Å²) in [7, 11) is 0. The molecule has 0 saturated carbocycles. The summed E-state index contributed by atoms with van der Waals surface area (Å²) in [5.41, 5.74) is 5.46. The molecule has 1 rings (SSSR count). The Balaban J connectivity index is 0.00000784. The number of aliphatic imine (C=N–C) groups is 1. The van der Waals surface area contributed by atoms with Crippen molar-refractivity contribution in [2.45, 2.75) is 72.4 Å². The topological polar surface area (TPSA) is 86.0 Å². The molecule has 0 radical (unpaired) electrons. The summed E-state index contributed by atoms with van der Waals surface area (Å²) < 4.78 is 0. The number of guanidine groups is 1. The van der Waals surface area contributed by atoms with Gasteiger partial charge in [-0.15, -0.1) is 24.0 Å². The van der Waals surface area contributed by atoms with E-state index in [0.717, 1.165) is 77.5 Å². The van der Waals surface area contributed by atoms with Crippen molar-refractivity contribution < 1.29 is 4.79 Å². The summed E-state index contributed by atoms with van der Waals surface area (Å²) in [5, 5.41) is 6.76. The molecule has 1 heterocycles. The zero-order chi connectivity index (χ0) is 20.9. The number of likely N-dealkylation sites (tertiary alicyclic amines) is 1. The molecule has 1 fully saturated rings. The highest BCUT2D eigenvalue weighted by molar-refractivity contribution is 14.0. The maximum atomic E-state index is 11.4. The van der Waals surface area contributed by atoms with E-state index in [0.29, 0.717) is 12.1 Å². The summed E-state index contributed by atoms with van der Waals surface area (Å²) in [4.78, 5) is 21.0. The van der Waals surface area contributed by atoms with Gasteiger partial charge in [-0.1, -0.05) is 0 Å². The first kappa shape index (κ1) is 28.4. The van der Waals surface area contributed by atoms with Crippen LogP contribution in [0.4, 0.5) is 0 Å². The molecular formula is C21H45IN6O. The first-order valence-electron chi connectivity index (χ1n) is 11.1. The average Bonchev–Trinajstić information content (AvgIpc) is 2.64. The van der Waals surface area contributed by atoms with Crippen LogP contribution in [0.3, 0.4) is 0 Å². The number of nitrogens with zero attached hydrogens (tertiary/aromatic N) is 3. The molecule has 7 nitrogen and oxygen atoms in total. The van der Waals surface area contributed by atoms with Gasteiger partial charge in [-0.25, -0.2) is 0 Å². The first-order valence-corrected chi connectivity index (χ1v) is 11.1. The van der Waals surface area contributed by atoms with Gasteiger partial charge in [0.15, 0.2) is 5.96 Å². The van der Waals surface area contributed by atoms with Crippen LogP contribution >= 0.6 is 24.0 Å². The van der Waals surface area contributed by atoms with E-state index in [1.54, 1.807) is 0 Å². The number of carbonyl (C=O) groups excluding carboxylic acids is 1. The molecule has 1 saturated heterocycles. The van der Waals surface area contributed by atoms with Gasteiger partial charge in [0.1, 0.15) is 0 Å². The second-order valence-electron chi connectivity index (χ2n) is 8.36. The van der Waals surface area contributed by atoms with E-state index in [4.69, 9.17) is 10.7 Å². The Labute approximate surface area is 195 Å². The molecule has 1 aliphatic rings. The van der Waals surface area contributed by atoms with E-state index < -0.39 is 0 Å². The quantitative estimate of drug-likeness (QED) is 0.158. The zero-order valence-electron chi connectivity index (χ0n) is 19.2. The lowest BCUT2D eigenvalue weighted by Gasteiger charge is -2.31. The van der Waals surface area contributed by atoms with E-state index in [1.807, 2.05) is 0 Å². The van der Waals surface area contributed by atoms with Gasteiger partial charge in [0.05, 0.1) is 5.92 Å². The lowest BCUT2D eigenvalue weighted by Crippen LogP contribution is -2.43. The van der Waals surface area contributed by atoms with Crippen LogP contribution in [0.15, 0.2) is 4.99 Å². The van der Waals surface area contributed by atoms with Gasteiger partial charge in [0.2, 0.25) is 5.91 Å². The minimum atomic E-state index is -0.155. The molecule has 4 N–H and O–H groups in total. The Hall–Kier alpha value is -0.610. The number of primary amides is 1. The lowest BCUT2D eigenvalue weighted by atomic mass is 9.97. The van der Waals surface area contributed by atoms with Crippen molar-refractivity contribution in [2.24, 2.45) is 16.6 Å². The molecule has 1 aliphatic heterocycles. The van der Waals surface area contributed by atoms with Crippen molar-refractivity contribution in [1.29, 1.82) is 0 Å². The van der Waals surface area contributed by atoms with Gasteiger partial charge < -0.3 is 21.3 Å². The molecule has 0 aromatic heterocycles. The average molecular weight is 525 g/mol. The van der Waals surface area contributed by atoms with Gasteiger partial charge in [-0.3, -0.25) is 14.7 Å². The van der Waals surface area contributed by atoms with Gasteiger partial charge >= 0.3 is 0 Å². The Kier molecular flexibility index (Phi) is 15.8. The van der Waals surface area contributed by atoms with Crippen LogP contribution in [-0.2, 0) is 4.79 Å². The molecular weight excluding hydrogens is 479 g/mol. The molecule has 1 amide bonds. The molecule has 1 unspecified atom stereocenters. The van der Waals surface area contributed by atoms with Gasteiger partial charge in [0, 0.05) is 44.8 Å². The van der Waals surface area contributed by atoms with Gasteiger partial charge in [0.25, 0.3) is 0 Å². The predicted octanol–water partition coefficient (Wildman–Crippen LogP) is 2.26. The van der Waals surface area contributed by atoms with Crippen LogP contribution in [0.25, 0.3) is 0 Å². The summed E-state index contributed by atoms with van der Waals surface area (Å²) >= 11 is 0. The van der Waals surface area contributed by atoms with Crippen molar-refractivity contribution in [3.05, 3.63) is 0 Å². The van der Waals surface area contributed by atoms with E-state index in [-0.39, 0.29) is 35.8 Å². The monoisotopic (exact) mass is 524 g/mol. The van der Waals surface area contributed by atoms with Crippen LogP contribution in [0.2, 0.25) is 0 Å². The van der Waals surface area contributed by atoms with E-state index in [1.165, 1.54) is 0 Å². The second kappa shape index (κ2) is 16.1. The maximum Gasteiger partial charge on any atom is 0.221 e. The number of carbonyl (C=O) groups is 1. The second-order valence-corrected chi connectivity index (χ2v) is 8.36. The Bertz CT molecular complexity index is 464. The third-order valence-electron chi connectivity index (χ3n) is 5.37. The van der Waals surface area contributed by atoms with Crippen molar-refractivity contribution in [3.8, 4) is 0 Å². The molecule has 0 spiro atoms. The van der Waals surface area contributed by atoms with Crippen molar-refractivity contribution >= 4 is 35.8 Å². The minimum absolute atomic E-state index is 0. The van der Waals surface area contributed by atoms with Crippen LogP contribution in [-0.4, -0.2) is 79.6 Å². The van der Waals surface area contributed by atoms with Gasteiger partial charge in [-0.2, -0.15) is 0 Å². The molecule has 1 atom stereocenters. The summed E-state index contributed by atoms with van der Waals surface area (Å²) in [6, 6.07) is 1.14. The van der Waals surface area contributed by atoms with Crippen molar-refractivity contribution in [1.82, 2.24) is 20.4 Å². The van der Waals surface area contributed by atoms with Crippen LogP contribution in [0, 0.1) is 5.92 Å². The fourth-order valence-electron chi connectivity index (χ4n) is 3.90. The zero-order valence-corrected chi connectivity index (χ0v) is 21.6. The first-order chi connectivity index (χ1) is 13.3. The highest BCUT2D eigenvalue weighted by Gasteiger charge is 2.23. The number of piperidine rings is 1. The Morgan fingerprint density at radius 1 is 1.21 bits per heavy atom. The molecule has 172 valence electrons. The van der Waals surface area contributed by atoms with Crippen LogP contribution in [0.1, 0.15) is 60.3 Å². The molecule has 0 aromatic carbocycles. The highest BCUT2D eigenvalue weighted by Crippen LogP contribution is 2.15. The Morgan fingerprint density at radius 3 is 2.48 bits per heavy atom. The highest BCUT2D eigenvalue weighted by atomic mass is 127. The third-order valence-corrected chi connectivity index (χ3v) is 5.37. The number of nitrogens with two attached hydrogens (primary N) is 1. The molecule has 8 heteroatoms. The molecule has 0 aliphatic carbocycles. The fraction of sp³-hybridized carbons (Fsp3) is 0.905. The van der Waals surface area contributed by atoms with E-state index >= 15 is 0 Å². The third kappa shape index (κ3) is 12.0. The Morgan fingerprint density at radius 2 is 1.90 bits per heavy atom. The SMILES string of the molecule is CCNC(=NCCCN(C(C)C)C(C)C)NCCCN1CCCC(C(N)=O)C1.I. The van der Waals surface area contributed by atoms with Gasteiger partial charge in [-0.05, 0) is 73.4 Å². The number of amides is 1.